The Morgan fingerprint density at radius 1 is 1.10 bits per heavy atom. The molecule has 0 unspecified atom stereocenters. The normalized spacial score (nSPS) is 12.9. The number of nitrogens with zero attached hydrogens (tertiary/aromatic N) is 1. The van der Waals surface area contributed by atoms with Gasteiger partial charge < -0.3 is 9.15 Å². The highest BCUT2D eigenvalue weighted by Gasteiger charge is 2.40. The van der Waals surface area contributed by atoms with E-state index in [2.05, 4.69) is 9.44 Å². The molecule has 0 aliphatic heterocycles. The van der Waals surface area contributed by atoms with Gasteiger partial charge in [0, 0.05) is 11.5 Å². The van der Waals surface area contributed by atoms with Crippen LogP contribution in [-0.4, -0.2) is 33.2 Å². The van der Waals surface area contributed by atoms with E-state index in [0.717, 1.165) is 31.7 Å². The minimum Gasteiger partial charge on any atom is -0.497 e. The van der Waals surface area contributed by atoms with E-state index < -0.39 is 38.9 Å². The fourth-order valence-electron chi connectivity index (χ4n) is 2.83. The number of rotatable bonds is 11. The summed E-state index contributed by atoms with van der Waals surface area (Å²) in [4.78, 5) is 12.1. The minimum absolute atomic E-state index is 0.00578. The first-order valence-corrected chi connectivity index (χ1v) is 11.3. The highest BCUT2D eigenvalue weighted by Crippen LogP contribution is 2.25. The molecule has 0 radical (unpaired) electrons. The number of ether oxygens (including phenoxy) is 1. The molecule has 0 N–H and O–H groups in total. The molecule has 2 aromatic rings. The Bertz CT molecular complexity index is 1080. The van der Waals surface area contributed by atoms with Crippen molar-refractivity contribution < 1.29 is 35.0 Å². The zero-order valence-electron chi connectivity index (χ0n) is 17.2. The molecule has 172 valence electrons. The summed E-state index contributed by atoms with van der Waals surface area (Å²) >= 11 is 0. The first kappa shape index (κ1) is 24.7. The predicted molar refractivity (Wildman–Crippen MR) is 110 cm³/mol. The second kappa shape index (κ2) is 10.7. The molecule has 0 saturated carbocycles. The third-order valence-electron chi connectivity index (χ3n) is 4.46. The van der Waals surface area contributed by atoms with Gasteiger partial charge in [-0.05, 0) is 24.6 Å². The van der Waals surface area contributed by atoms with Crippen LogP contribution in [0.25, 0.3) is 11.0 Å². The van der Waals surface area contributed by atoms with Crippen molar-refractivity contribution in [1.29, 1.82) is 0 Å². The van der Waals surface area contributed by atoms with Gasteiger partial charge in [-0.2, -0.15) is 21.6 Å². The Hall–Kier alpha value is -2.56. The number of halogens is 3. The summed E-state index contributed by atoms with van der Waals surface area (Å²) in [6.07, 6.45) is -0.458. The lowest BCUT2D eigenvalue weighted by Crippen LogP contribution is -2.30. The maximum atomic E-state index is 13.5. The van der Waals surface area contributed by atoms with Gasteiger partial charge in [-0.15, -0.1) is 0 Å². The summed E-state index contributed by atoms with van der Waals surface area (Å²) in [6.45, 7) is 2.04. The quantitative estimate of drug-likeness (QED) is 0.206. The van der Waals surface area contributed by atoms with Crippen molar-refractivity contribution >= 4 is 26.8 Å². The van der Waals surface area contributed by atoms with Gasteiger partial charge in [-0.3, -0.25) is 4.28 Å². The van der Waals surface area contributed by atoms with E-state index in [1.54, 1.807) is 0 Å². The van der Waals surface area contributed by atoms with Crippen molar-refractivity contribution in [1.82, 2.24) is 0 Å². The number of alkyl halides is 3. The van der Waals surface area contributed by atoms with Gasteiger partial charge in [0.15, 0.2) is 5.71 Å². The lowest BCUT2D eigenvalue weighted by atomic mass is 10.1. The monoisotopic (exact) mass is 463 g/mol. The number of methoxy groups -OCH3 is 1. The summed E-state index contributed by atoms with van der Waals surface area (Å²) in [5.74, 6) is -0.128. The molecule has 1 heterocycles. The number of hydrogen-bond acceptors (Lipinski definition) is 7. The molecule has 0 spiro atoms. The molecule has 11 heteroatoms. The van der Waals surface area contributed by atoms with E-state index in [0.29, 0.717) is 12.2 Å². The number of fused-ring (bicyclic) bond motifs is 1. The summed E-state index contributed by atoms with van der Waals surface area (Å²) in [7, 11) is -2.96. The molecule has 31 heavy (non-hydrogen) atoms. The standard InChI is InChI=1S/C20H24F3NO6S/c1-3-4-5-6-7-8-11-31(26,27)30-24-18(20(21,22)23)16-12-14-9-10-15(28-2)13-17(14)29-19(16)25/h9-10,12-13H,3-8,11H2,1-2H3/b24-18+. The lowest BCUT2D eigenvalue weighted by Gasteiger charge is -2.10. The molecule has 0 amide bonds. The van der Waals surface area contributed by atoms with E-state index in [-0.39, 0.29) is 17.4 Å². The largest absolute Gasteiger partial charge is 0.497 e. The molecular weight excluding hydrogens is 439 g/mol. The SMILES string of the molecule is CCCCCCCCS(=O)(=O)O/N=C(\c1cc2ccc(OC)cc2oc1=O)C(F)(F)F. The van der Waals surface area contributed by atoms with Crippen LogP contribution < -0.4 is 10.4 Å². The van der Waals surface area contributed by atoms with Crippen LogP contribution in [0.4, 0.5) is 13.2 Å². The number of unbranched alkanes of at least 4 members (excludes halogenated alkanes) is 5. The van der Waals surface area contributed by atoms with Crippen LogP contribution in [0.15, 0.2) is 38.6 Å². The van der Waals surface area contributed by atoms with Crippen molar-refractivity contribution in [2.75, 3.05) is 12.9 Å². The topological polar surface area (TPSA) is 95.2 Å². The van der Waals surface area contributed by atoms with Crippen LogP contribution in [0, 0.1) is 0 Å². The lowest BCUT2D eigenvalue weighted by molar-refractivity contribution is -0.0598. The second-order valence-electron chi connectivity index (χ2n) is 6.89. The van der Waals surface area contributed by atoms with Gasteiger partial charge in [0.25, 0.3) is 0 Å². The van der Waals surface area contributed by atoms with Gasteiger partial charge >= 0.3 is 21.9 Å². The van der Waals surface area contributed by atoms with Crippen LogP contribution in [0.1, 0.15) is 51.0 Å². The molecule has 2 rings (SSSR count). The van der Waals surface area contributed by atoms with Crippen LogP contribution >= 0.6 is 0 Å². The van der Waals surface area contributed by atoms with E-state index in [1.165, 1.54) is 25.3 Å². The summed E-state index contributed by atoms with van der Waals surface area (Å²) in [6, 6.07) is 5.12. The Morgan fingerprint density at radius 2 is 1.77 bits per heavy atom. The molecule has 0 fully saturated rings. The van der Waals surface area contributed by atoms with Gasteiger partial charge in [0.2, 0.25) is 0 Å². The van der Waals surface area contributed by atoms with E-state index >= 15 is 0 Å². The Balaban J connectivity index is 2.25. The Labute approximate surface area is 178 Å². The Kier molecular flexibility index (Phi) is 8.49. The van der Waals surface area contributed by atoms with Crippen LogP contribution in [0.2, 0.25) is 0 Å². The van der Waals surface area contributed by atoms with Crippen LogP contribution in [-0.2, 0) is 14.4 Å². The zero-order valence-corrected chi connectivity index (χ0v) is 18.0. The van der Waals surface area contributed by atoms with Gasteiger partial charge in [-0.25, -0.2) is 4.79 Å². The number of oxime groups is 1. The van der Waals surface area contributed by atoms with E-state index in [9.17, 15) is 26.4 Å². The summed E-state index contributed by atoms with van der Waals surface area (Å²) in [5.41, 5.74) is -4.08. The molecule has 0 bridgehead atoms. The average Bonchev–Trinajstić information content (AvgIpc) is 2.69. The van der Waals surface area contributed by atoms with Crippen molar-refractivity contribution in [3.05, 3.63) is 40.2 Å². The van der Waals surface area contributed by atoms with Crippen molar-refractivity contribution in [3.63, 3.8) is 0 Å². The summed E-state index contributed by atoms with van der Waals surface area (Å²) in [5, 5.41) is 2.95. The maximum Gasteiger partial charge on any atom is 0.437 e. The fraction of sp³-hybridized carbons (Fsp3) is 0.500. The molecule has 7 nitrogen and oxygen atoms in total. The number of hydrogen-bond donors (Lipinski definition) is 0. The van der Waals surface area contributed by atoms with Crippen molar-refractivity contribution in [3.8, 4) is 5.75 Å². The van der Waals surface area contributed by atoms with Crippen LogP contribution in [0.3, 0.4) is 0 Å². The first-order chi connectivity index (χ1) is 14.6. The first-order valence-electron chi connectivity index (χ1n) is 9.76. The third kappa shape index (κ3) is 7.27. The highest BCUT2D eigenvalue weighted by molar-refractivity contribution is 7.86. The van der Waals surface area contributed by atoms with E-state index in [1.807, 2.05) is 6.92 Å². The smallest absolute Gasteiger partial charge is 0.437 e. The second-order valence-corrected chi connectivity index (χ2v) is 8.57. The van der Waals surface area contributed by atoms with Gasteiger partial charge in [0.05, 0.1) is 18.4 Å². The van der Waals surface area contributed by atoms with Gasteiger partial charge in [-0.1, -0.05) is 44.2 Å². The highest BCUT2D eigenvalue weighted by atomic mass is 32.2. The number of benzene rings is 1. The molecule has 0 atom stereocenters. The summed E-state index contributed by atoms with van der Waals surface area (Å²) < 4.78 is 78.5. The molecule has 1 aromatic carbocycles. The zero-order chi connectivity index (χ0) is 23.1. The molecule has 0 aliphatic rings. The molecule has 1 aromatic heterocycles. The van der Waals surface area contributed by atoms with Crippen molar-refractivity contribution in [2.45, 2.75) is 51.6 Å². The average molecular weight is 463 g/mol. The van der Waals surface area contributed by atoms with Gasteiger partial charge in [0.1, 0.15) is 11.3 Å². The molecule has 0 aliphatic carbocycles. The Morgan fingerprint density at radius 3 is 2.42 bits per heavy atom. The molecule has 0 saturated heterocycles. The van der Waals surface area contributed by atoms with Crippen LogP contribution in [0.5, 0.6) is 5.75 Å². The minimum atomic E-state index is -5.15. The maximum absolute atomic E-state index is 13.5. The third-order valence-corrected chi connectivity index (χ3v) is 5.55. The van der Waals surface area contributed by atoms with E-state index in [4.69, 9.17) is 9.15 Å². The fourth-order valence-corrected chi connectivity index (χ4v) is 3.65. The van der Waals surface area contributed by atoms with Crippen molar-refractivity contribution in [2.24, 2.45) is 5.16 Å². The predicted octanol–water partition coefficient (Wildman–Crippen LogP) is 4.77. The molecular formula is C20H24F3NO6S.